The Morgan fingerprint density at radius 3 is 2.04 bits per heavy atom. The van der Waals surface area contributed by atoms with Crippen LogP contribution in [0.3, 0.4) is 0 Å². The molecule has 0 heterocycles. The zero-order valence-corrected chi connectivity index (χ0v) is 15.6. The second-order valence-corrected chi connectivity index (χ2v) is 6.46. The summed E-state index contributed by atoms with van der Waals surface area (Å²) in [4.78, 5) is 12.4. The topological polar surface area (TPSA) is 38.3 Å². The Morgan fingerprint density at radius 1 is 1.04 bits per heavy atom. The van der Waals surface area contributed by atoms with E-state index in [0.717, 1.165) is 29.3 Å². The first-order valence-corrected chi connectivity index (χ1v) is 9.49. The van der Waals surface area contributed by atoms with E-state index >= 15 is 0 Å². The van der Waals surface area contributed by atoms with Crippen LogP contribution < -0.4 is 5.32 Å². The Morgan fingerprint density at radius 2 is 1.58 bits per heavy atom. The van der Waals surface area contributed by atoms with Crippen molar-refractivity contribution in [2.75, 3.05) is 11.9 Å². The summed E-state index contributed by atoms with van der Waals surface area (Å²) < 4.78 is 6.02. The number of unbranched alkanes of at least 4 members (excludes halogenated alkanes) is 1. The molecule has 0 bridgehead atoms. The second kappa shape index (κ2) is 9.48. The first-order chi connectivity index (χ1) is 11.7. The summed E-state index contributed by atoms with van der Waals surface area (Å²) in [5.41, 5.74) is 1.14. The van der Waals surface area contributed by atoms with E-state index in [4.69, 9.17) is 4.74 Å². The lowest BCUT2D eigenvalue weighted by atomic mass is 9.84. The van der Waals surface area contributed by atoms with Crippen molar-refractivity contribution in [1.82, 2.24) is 5.32 Å². The van der Waals surface area contributed by atoms with Crippen molar-refractivity contribution in [2.45, 2.75) is 31.8 Å². The van der Waals surface area contributed by atoms with Crippen LogP contribution in [-0.4, -0.2) is 18.0 Å². The van der Waals surface area contributed by atoms with Crippen molar-refractivity contribution in [3.8, 4) is 0 Å². The lowest BCUT2D eigenvalue weighted by Crippen LogP contribution is -2.39. The minimum atomic E-state index is -0.803. The van der Waals surface area contributed by atoms with Gasteiger partial charge in [-0.25, -0.2) is 4.79 Å². The van der Waals surface area contributed by atoms with Gasteiger partial charge in [-0.15, -0.1) is 0 Å². The summed E-state index contributed by atoms with van der Waals surface area (Å²) in [7, 11) is 0. The molecule has 4 heteroatoms. The average molecular weight is 390 g/mol. The third-order valence-electron chi connectivity index (χ3n) is 3.99. The maximum atomic E-state index is 12.4. The SMILES string of the molecule is CCCCNC(=O)OC(CCBr)(c1ccccc1)c1ccccc1. The van der Waals surface area contributed by atoms with Gasteiger partial charge in [0, 0.05) is 29.4 Å². The van der Waals surface area contributed by atoms with Crippen molar-refractivity contribution in [3.63, 3.8) is 0 Å². The molecule has 0 aromatic heterocycles. The van der Waals surface area contributed by atoms with Crippen molar-refractivity contribution in [2.24, 2.45) is 0 Å². The first kappa shape index (κ1) is 18.5. The summed E-state index contributed by atoms with van der Waals surface area (Å²) in [6, 6.07) is 19.9. The molecule has 128 valence electrons. The van der Waals surface area contributed by atoms with E-state index in [2.05, 4.69) is 28.2 Å². The average Bonchev–Trinajstić information content (AvgIpc) is 2.63. The molecule has 3 nitrogen and oxygen atoms in total. The Bertz CT molecular complexity index is 577. The van der Waals surface area contributed by atoms with Crippen LogP contribution in [0.4, 0.5) is 4.79 Å². The van der Waals surface area contributed by atoms with Crippen LogP contribution in [0.2, 0.25) is 0 Å². The van der Waals surface area contributed by atoms with Gasteiger partial charge in [-0.05, 0) is 6.42 Å². The van der Waals surface area contributed by atoms with Crippen LogP contribution in [0.15, 0.2) is 60.7 Å². The van der Waals surface area contributed by atoms with Crippen molar-refractivity contribution >= 4 is 22.0 Å². The predicted molar refractivity (Wildman–Crippen MR) is 101 cm³/mol. The molecule has 2 aromatic carbocycles. The smallest absolute Gasteiger partial charge is 0.408 e. The number of alkyl carbamates (subject to hydrolysis) is 1. The summed E-state index contributed by atoms with van der Waals surface area (Å²) in [6.45, 7) is 2.72. The van der Waals surface area contributed by atoms with Gasteiger partial charge in [-0.2, -0.15) is 0 Å². The molecule has 0 radical (unpaired) electrons. The number of hydrogen-bond acceptors (Lipinski definition) is 2. The van der Waals surface area contributed by atoms with Gasteiger partial charge in [0.15, 0.2) is 5.60 Å². The van der Waals surface area contributed by atoms with Crippen molar-refractivity contribution in [1.29, 1.82) is 0 Å². The Labute approximate surface area is 152 Å². The Balaban J connectivity index is 2.37. The fraction of sp³-hybridized carbons (Fsp3) is 0.350. The normalized spacial score (nSPS) is 11.1. The molecule has 2 aromatic rings. The largest absolute Gasteiger partial charge is 0.433 e. The molecule has 1 N–H and O–H groups in total. The minimum absolute atomic E-state index is 0.378. The zero-order valence-electron chi connectivity index (χ0n) is 14.0. The number of benzene rings is 2. The van der Waals surface area contributed by atoms with E-state index in [-0.39, 0.29) is 6.09 Å². The standard InChI is InChI=1S/C20H24BrNO2/c1-2-3-16-22-19(23)24-20(14-15-21,17-10-6-4-7-11-17)18-12-8-5-9-13-18/h4-13H,2-3,14-16H2,1H3,(H,22,23). The summed E-state index contributed by atoms with van der Waals surface area (Å²) in [6.07, 6.45) is 2.25. The molecule has 1 amide bonds. The number of ether oxygens (including phenoxy) is 1. The van der Waals surface area contributed by atoms with Crippen molar-refractivity contribution < 1.29 is 9.53 Å². The molecule has 0 saturated heterocycles. The summed E-state index contributed by atoms with van der Waals surface area (Å²) in [5, 5.41) is 3.58. The number of halogens is 1. The Kier molecular flexibility index (Phi) is 7.32. The third kappa shape index (κ3) is 4.60. The highest BCUT2D eigenvalue weighted by Gasteiger charge is 2.37. The van der Waals surface area contributed by atoms with E-state index in [0.29, 0.717) is 13.0 Å². The van der Waals surface area contributed by atoms with Crippen LogP contribution in [0.25, 0.3) is 0 Å². The van der Waals surface area contributed by atoms with E-state index in [9.17, 15) is 4.79 Å². The number of rotatable bonds is 8. The van der Waals surface area contributed by atoms with Gasteiger partial charge in [0.2, 0.25) is 0 Å². The zero-order chi connectivity index (χ0) is 17.3. The summed E-state index contributed by atoms with van der Waals surface area (Å²) in [5.74, 6) is 0. The van der Waals surface area contributed by atoms with Gasteiger partial charge in [0.1, 0.15) is 0 Å². The highest BCUT2D eigenvalue weighted by molar-refractivity contribution is 9.09. The minimum Gasteiger partial charge on any atom is -0.433 e. The van der Waals surface area contributed by atoms with Gasteiger partial charge in [-0.3, -0.25) is 0 Å². The van der Waals surface area contributed by atoms with Gasteiger partial charge in [-0.1, -0.05) is 89.9 Å². The number of alkyl halides is 1. The van der Waals surface area contributed by atoms with Gasteiger partial charge in [0.25, 0.3) is 0 Å². The first-order valence-electron chi connectivity index (χ1n) is 8.37. The van der Waals surface area contributed by atoms with Crippen LogP contribution in [0.1, 0.15) is 37.3 Å². The molecule has 2 rings (SSSR count). The summed E-state index contributed by atoms with van der Waals surface area (Å²) >= 11 is 3.52. The number of hydrogen-bond donors (Lipinski definition) is 1. The molecular formula is C20H24BrNO2. The Hall–Kier alpha value is -1.81. The molecule has 0 unspecified atom stereocenters. The lowest BCUT2D eigenvalue weighted by molar-refractivity contribution is 0.0366. The molecular weight excluding hydrogens is 366 g/mol. The monoisotopic (exact) mass is 389 g/mol. The van der Waals surface area contributed by atoms with Crippen molar-refractivity contribution in [3.05, 3.63) is 71.8 Å². The fourth-order valence-corrected chi connectivity index (χ4v) is 3.29. The predicted octanol–water partition coefficient (Wildman–Crippen LogP) is 5.24. The van der Waals surface area contributed by atoms with E-state index in [1.54, 1.807) is 0 Å². The van der Waals surface area contributed by atoms with E-state index < -0.39 is 5.60 Å². The van der Waals surface area contributed by atoms with Gasteiger partial charge >= 0.3 is 6.09 Å². The molecule has 0 saturated carbocycles. The lowest BCUT2D eigenvalue weighted by Gasteiger charge is -2.34. The highest BCUT2D eigenvalue weighted by Crippen LogP contribution is 2.37. The van der Waals surface area contributed by atoms with Gasteiger partial charge in [0.05, 0.1) is 0 Å². The highest BCUT2D eigenvalue weighted by atomic mass is 79.9. The van der Waals surface area contributed by atoms with E-state index in [1.165, 1.54) is 0 Å². The third-order valence-corrected chi connectivity index (χ3v) is 4.39. The van der Waals surface area contributed by atoms with E-state index in [1.807, 2.05) is 60.7 Å². The van der Waals surface area contributed by atoms with Crippen LogP contribution >= 0.6 is 15.9 Å². The molecule has 0 spiro atoms. The van der Waals surface area contributed by atoms with Crippen LogP contribution in [0, 0.1) is 0 Å². The number of nitrogens with one attached hydrogen (secondary N) is 1. The van der Waals surface area contributed by atoms with Gasteiger partial charge < -0.3 is 10.1 Å². The van der Waals surface area contributed by atoms with Crippen LogP contribution in [-0.2, 0) is 10.3 Å². The second-order valence-electron chi connectivity index (χ2n) is 5.67. The number of carbonyl (C=O) groups is 1. The molecule has 0 atom stereocenters. The maximum absolute atomic E-state index is 12.4. The number of carbonyl (C=O) groups excluding carboxylic acids is 1. The molecule has 0 fully saturated rings. The fourth-order valence-electron chi connectivity index (χ4n) is 2.73. The van der Waals surface area contributed by atoms with Crippen LogP contribution in [0.5, 0.6) is 0 Å². The molecule has 0 aliphatic rings. The maximum Gasteiger partial charge on any atom is 0.408 e. The quantitative estimate of drug-likeness (QED) is 0.494. The molecule has 0 aliphatic heterocycles. The molecule has 24 heavy (non-hydrogen) atoms. The molecule has 0 aliphatic carbocycles. The number of amides is 1.